The summed E-state index contributed by atoms with van der Waals surface area (Å²) >= 11 is 1.59. The summed E-state index contributed by atoms with van der Waals surface area (Å²) in [7, 11) is 0. The second-order valence-electron chi connectivity index (χ2n) is 4.20. The lowest BCUT2D eigenvalue weighted by molar-refractivity contribution is -0.137. The fourth-order valence-electron chi connectivity index (χ4n) is 1.83. The monoisotopic (exact) mass is 262 g/mol. The van der Waals surface area contributed by atoms with Crippen LogP contribution in [0.25, 0.3) is 0 Å². The predicted octanol–water partition coefficient (Wildman–Crippen LogP) is 2.77. The molecule has 0 spiro atoms. The number of fused-ring (bicyclic) bond motifs is 1. The Morgan fingerprint density at radius 1 is 1.61 bits per heavy atom. The summed E-state index contributed by atoms with van der Waals surface area (Å²) < 4.78 is 4.99. The number of benzene rings is 1. The number of ketones is 1. The van der Waals surface area contributed by atoms with E-state index in [9.17, 15) is 9.59 Å². The Morgan fingerprint density at radius 3 is 3.11 bits per heavy atom. The molecule has 1 aliphatic rings. The zero-order chi connectivity index (χ0) is 13.1. The first kappa shape index (κ1) is 12.9. The smallest absolute Gasteiger partial charge is 0.330 e. The van der Waals surface area contributed by atoms with E-state index in [0.717, 1.165) is 22.1 Å². The van der Waals surface area contributed by atoms with Crippen LogP contribution in [0.4, 0.5) is 0 Å². The van der Waals surface area contributed by atoms with Crippen LogP contribution in [0.15, 0.2) is 35.7 Å². The molecule has 1 heterocycles. The van der Waals surface area contributed by atoms with Gasteiger partial charge in [0.25, 0.3) is 0 Å². The van der Waals surface area contributed by atoms with E-state index in [0.29, 0.717) is 6.42 Å². The van der Waals surface area contributed by atoms with Crippen LogP contribution in [0.2, 0.25) is 0 Å². The largest absolute Gasteiger partial charge is 0.461 e. The minimum atomic E-state index is -0.447. The van der Waals surface area contributed by atoms with Gasteiger partial charge >= 0.3 is 5.97 Å². The highest BCUT2D eigenvalue weighted by Crippen LogP contribution is 2.35. The van der Waals surface area contributed by atoms with Crippen LogP contribution < -0.4 is 0 Å². The molecule has 1 unspecified atom stereocenters. The lowest BCUT2D eigenvalue weighted by Gasteiger charge is -2.22. The molecule has 2 rings (SSSR count). The van der Waals surface area contributed by atoms with Crippen molar-refractivity contribution in [1.29, 1.82) is 0 Å². The summed E-state index contributed by atoms with van der Waals surface area (Å²) in [5.41, 5.74) is 1.87. The first-order chi connectivity index (χ1) is 8.60. The Kier molecular flexibility index (Phi) is 3.87. The van der Waals surface area contributed by atoms with Crippen LogP contribution in [-0.4, -0.2) is 23.6 Å². The Bertz CT molecular complexity index is 508. The topological polar surface area (TPSA) is 43.4 Å². The molecular weight excluding hydrogens is 248 g/mol. The number of carbonyl (C=O) groups is 2. The van der Waals surface area contributed by atoms with Gasteiger partial charge in [-0.2, -0.15) is 0 Å². The third-order valence-electron chi connectivity index (χ3n) is 2.72. The second kappa shape index (κ2) is 5.40. The van der Waals surface area contributed by atoms with Gasteiger partial charge in [-0.15, -0.1) is 11.8 Å². The van der Waals surface area contributed by atoms with Crippen molar-refractivity contribution in [2.45, 2.75) is 23.5 Å². The second-order valence-corrected chi connectivity index (χ2v) is 5.54. The molecule has 3 nitrogen and oxygen atoms in total. The molecule has 4 heteroatoms. The first-order valence-corrected chi connectivity index (χ1v) is 6.58. The molecule has 0 aliphatic carbocycles. The van der Waals surface area contributed by atoms with Gasteiger partial charge in [-0.3, -0.25) is 4.79 Å². The minimum Gasteiger partial charge on any atom is -0.461 e. The van der Waals surface area contributed by atoms with Gasteiger partial charge in [-0.1, -0.05) is 18.2 Å². The van der Waals surface area contributed by atoms with Gasteiger partial charge < -0.3 is 4.74 Å². The van der Waals surface area contributed by atoms with Crippen molar-refractivity contribution in [2.75, 3.05) is 6.61 Å². The lowest BCUT2D eigenvalue weighted by Crippen LogP contribution is -2.23. The molecule has 18 heavy (non-hydrogen) atoms. The number of ether oxygens (including phenoxy) is 1. The minimum absolute atomic E-state index is 0.00314. The average molecular weight is 262 g/mol. The van der Waals surface area contributed by atoms with Crippen LogP contribution in [0, 0.1) is 6.92 Å². The van der Waals surface area contributed by atoms with E-state index in [1.165, 1.54) is 0 Å². The van der Waals surface area contributed by atoms with E-state index in [2.05, 4.69) is 6.58 Å². The molecule has 0 saturated heterocycles. The van der Waals surface area contributed by atoms with Crippen LogP contribution >= 0.6 is 11.8 Å². The maximum atomic E-state index is 12.0. The van der Waals surface area contributed by atoms with Gasteiger partial charge in [0.1, 0.15) is 6.61 Å². The third-order valence-corrected chi connectivity index (χ3v) is 3.97. The molecular formula is C14H14O3S. The number of thioether (sulfide) groups is 1. The number of esters is 1. The number of hydrogen-bond donors (Lipinski definition) is 0. The Labute approximate surface area is 110 Å². The van der Waals surface area contributed by atoms with E-state index < -0.39 is 5.97 Å². The average Bonchev–Trinajstić information content (AvgIpc) is 2.37. The molecule has 1 atom stereocenters. The summed E-state index contributed by atoms with van der Waals surface area (Å²) in [4.78, 5) is 23.9. The fourth-order valence-corrected chi connectivity index (χ4v) is 3.01. The SMILES string of the molecule is C=CC(=O)OCC1CC(=O)c2cc(C)ccc2S1. The van der Waals surface area contributed by atoms with Gasteiger partial charge in [0.2, 0.25) is 0 Å². The van der Waals surface area contributed by atoms with Gasteiger partial charge in [-0.05, 0) is 19.1 Å². The summed E-state index contributed by atoms with van der Waals surface area (Å²) in [5, 5.41) is -0.00314. The Morgan fingerprint density at radius 2 is 2.39 bits per heavy atom. The normalized spacial score (nSPS) is 18.1. The molecule has 1 aliphatic heterocycles. The first-order valence-electron chi connectivity index (χ1n) is 5.70. The molecule has 0 aromatic heterocycles. The molecule has 0 fully saturated rings. The van der Waals surface area contributed by atoms with Crippen molar-refractivity contribution in [3.8, 4) is 0 Å². The molecule has 0 bridgehead atoms. The van der Waals surface area contributed by atoms with Gasteiger partial charge in [0, 0.05) is 23.0 Å². The van der Waals surface area contributed by atoms with E-state index in [1.807, 2.05) is 25.1 Å². The van der Waals surface area contributed by atoms with Gasteiger partial charge in [-0.25, -0.2) is 4.79 Å². The lowest BCUT2D eigenvalue weighted by atomic mass is 10.0. The zero-order valence-corrected chi connectivity index (χ0v) is 11.0. The zero-order valence-electron chi connectivity index (χ0n) is 10.1. The van der Waals surface area contributed by atoms with Gasteiger partial charge in [0.15, 0.2) is 5.78 Å². The summed E-state index contributed by atoms with van der Waals surface area (Å²) in [6.45, 7) is 5.55. The van der Waals surface area contributed by atoms with Crippen molar-refractivity contribution in [3.63, 3.8) is 0 Å². The highest BCUT2D eigenvalue weighted by atomic mass is 32.2. The summed E-state index contributed by atoms with van der Waals surface area (Å²) in [6, 6.07) is 5.85. The van der Waals surface area contributed by atoms with E-state index in [1.54, 1.807) is 11.8 Å². The third kappa shape index (κ3) is 2.82. The molecule has 0 radical (unpaired) electrons. The number of carbonyl (C=O) groups excluding carboxylic acids is 2. The fraction of sp³-hybridized carbons (Fsp3) is 0.286. The molecule has 1 aromatic carbocycles. The quantitative estimate of drug-likeness (QED) is 0.620. The van der Waals surface area contributed by atoms with E-state index in [4.69, 9.17) is 4.74 Å². The van der Waals surface area contributed by atoms with Crippen LogP contribution in [0.3, 0.4) is 0 Å². The number of aryl methyl sites for hydroxylation is 1. The Balaban J connectivity index is 2.08. The van der Waals surface area contributed by atoms with E-state index >= 15 is 0 Å². The highest BCUT2D eigenvalue weighted by Gasteiger charge is 2.26. The van der Waals surface area contributed by atoms with Crippen molar-refractivity contribution >= 4 is 23.5 Å². The standard InChI is InChI=1S/C14H14O3S/c1-3-14(16)17-8-10-7-12(15)11-6-9(2)4-5-13(11)18-10/h3-6,10H,1,7-8H2,2H3. The number of hydrogen-bond acceptors (Lipinski definition) is 4. The highest BCUT2D eigenvalue weighted by molar-refractivity contribution is 8.00. The number of Topliss-reactive ketones (excluding diaryl/α,β-unsaturated/α-hetero) is 1. The maximum absolute atomic E-state index is 12.0. The van der Waals surface area contributed by atoms with Crippen molar-refractivity contribution in [1.82, 2.24) is 0 Å². The summed E-state index contributed by atoms with van der Waals surface area (Å²) in [5.74, 6) is -0.329. The van der Waals surface area contributed by atoms with E-state index in [-0.39, 0.29) is 17.6 Å². The molecule has 1 aromatic rings. The molecule has 0 saturated carbocycles. The molecule has 94 valence electrons. The van der Waals surface area contributed by atoms with Crippen LogP contribution in [0.1, 0.15) is 22.3 Å². The van der Waals surface area contributed by atoms with Gasteiger partial charge in [0.05, 0.1) is 5.25 Å². The Hall–Kier alpha value is -1.55. The predicted molar refractivity (Wildman–Crippen MR) is 70.9 cm³/mol. The molecule has 0 amide bonds. The maximum Gasteiger partial charge on any atom is 0.330 e. The number of rotatable bonds is 3. The summed E-state index contributed by atoms with van der Waals surface area (Å²) in [6.07, 6.45) is 1.54. The van der Waals surface area contributed by atoms with Crippen molar-refractivity contribution in [3.05, 3.63) is 42.0 Å². The van der Waals surface area contributed by atoms with Crippen LogP contribution in [0.5, 0.6) is 0 Å². The van der Waals surface area contributed by atoms with Crippen LogP contribution in [-0.2, 0) is 9.53 Å². The van der Waals surface area contributed by atoms with Crippen molar-refractivity contribution in [2.24, 2.45) is 0 Å². The van der Waals surface area contributed by atoms with Crippen molar-refractivity contribution < 1.29 is 14.3 Å². The molecule has 0 N–H and O–H groups in total.